The Kier molecular flexibility index (Phi) is 4.27. The Bertz CT molecular complexity index is 694. The fraction of sp³-hybridized carbons (Fsp3) is 0.600. The first-order valence-electron chi connectivity index (χ1n) is 8.02. The van der Waals surface area contributed by atoms with E-state index in [0.717, 1.165) is 60.7 Å². The van der Waals surface area contributed by atoms with Gasteiger partial charge in [0.2, 0.25) is 0 Å². The van der Waals surface area contributed by atoms with Gasteiger partial charge in [0.15, 0.2) is 5.13 Å². The minimum absolute atomic E-state index is 0.000131. The minimum Gasteiger partial charge on any atom is -0.390 e. The van der Waals surface area contributed by atoms with Crippen LogP contribution in [0.4, 0.5) is 5.13 Å². The number of rotatable bonds is 4. The molecular weight excluding hydrogens is 334 g/mol. The number of aliphatic hydroxyl groups excluding tert-OH is 1. The molecule has 23 heavy (non-hydrogen) atoms. The van der Waals surface area contributed by atoms with E-state index in [1.807, 2.05) is 10.7 Å². The highest BCUT2D eigenvalue weighted by atomic mass is 35.5. The Morgan fingerprint density at radius 1 is 1.22 bits per heavy atom. The second-order valence-corrected chi connectivity index (χ2v) is 7.54. The number of aromatic nitrogens is 3. The summed E-state index contributed by atoms with van der Waals surface area (Å²) in [5.74, 6) is 0. The summed E-state index contributed by atoms with van der Waals surface area (Å²) < 4.78 is 1.99. The summed E-state index contributed by atoms with van der Waals surface area (Å²) in [7, 11) is 0. The lowest BCUT2D eigenvalue weighted by Gasteiger charge is -2.26. The zero-order chi connectivity index (χ0) is 15.8. The number of hydrogen-bond acceptors (Lipinski definition) is 6. The smallest absolute Gasteiger partial charge is 0.187 e. The molecule has 6 nitrogen and oxygen atoms in total. The molecule has 1 fully saturated rings. The minimum atomic E-state index is -0.000131. The summed E-state index contributed by atoms with van der Waals surface area (Å²) in [4.78, 5) is 10.4. The maximum Gasteiger partial charge on any atom is 0.187 e. The molecule has 4 rings (SSSR count). The third-order valence-corrected chi connectivity index (χ3v) is 6.00. The average molecular weight is 354 g/mol. The molecule has 0 saturated carbocycles. The average Bonchev–Trinajstić information content (AvgIpc) is 3.27. The van der Waals surface area contributed by atoms with Gasteiger partial charge in [-0.25, -0.2) is 4.98 Å². The van der Waals surface area contributed by atoms with Crippen LogP contribution in [0.3, 0.4) is 0 Å². The number of aliphatic hydroxyl groups is 1. The summed E-state index contributed by atoms with van der Waals surface area (Å²) in [6.45, 7) is 5.63. The Morgan fingerprint density at radius 3 is 2.83 bits per heavy atom. The van der Waals surface area contributed by atoms with E-state index in [9.17, 15) is 5.11 Å². The van der Waals surface area contributed by atoms with E-state index in [0.29, 0.717) is 5.15 Å². The standard InChI is InChI=1S/C15H20ClN5OS/c16-14-13(23-15(17-14)20-3-1-2-4-20)9-19-5-6-21-12(8-19)7-11(10-22)18-21/h7,22H,1-6,8-10H2. The molecule has 2 aliphatic rings. The van der Waals surface area contributed by atoms with Crippen LogP contribution in [0.2, 0.25) is 5.15 Å². The second kappa shape index (κ2) is 6.39. The first kappa shape index (κ1) is 15.4. The number of halogens is 1. The second-order valence-electron chi connectivity index (χ2n) is 6.12. The van der Waals surface area contributed by atoms with E-state index in [1.165, 1.54) is 12.8 Å². The zero-order valence-electron chi connectivity index (χ0n) is 12.9. The van der Waals surface area contributed by atoms with Crippen LogP contribution in [-0.4, -0.2) is 44.4 Å². The molecular formula is C15H20ClN5OS. The maximum atomic E-state index is 9.21. The Labute approximate surface area is 144 Å². The predicted octanol–water partition coefficient (Wildman–Crippen LogP) is 2.10. The number of hydrogen-bond donors (Lipinski definition) is 1. The van der Waals surface area contributed by atoms with E-state index < -0.39 is 0 Å². The van der Waals surface area contributed by atoms with Crippen molar-refractivity contribution < 1.29 is 5.11 Å². The van der Waals surface area contributed by atoms with Crippen LogP contribution in [0.25, 0.3) is 0 Å². The lowest BCUT2D eigenvalue weighted by atomic mass is 10.3. The summed E-state index contributed by atoms with van der Waals surface area (Å²) in [6.07, 6.45) is 2.49. The molecule has 0 bridgehead atoms. The largest absolute Gasteiger partial charge is 0.390 e. The van der Waals surface area contributed by atoms with E-state index in [4.69, 9.17) is 11.6 Å². The molecule has 124 valence electrons. The Balaban J connectivity index is 1.46. The fourth-order valence-electron chi connectivity index (χ4n) is 3.26. The van der Waals surface area contributed by atoms with Gasteiger partial charge in [-0.2, -0.15) is 5.10 Å². The molecule has 0 spiro atoms. The number of anilines is 1. The van der Waals surface area contributed by atoms with Crippen LogP contribution >= 0.6 is 22.9 Å². The fourth-order valence-corrected chi connectivity index (χ4v) is 4.61. The SMILES string of the molecule is OCc1cc2n(n1)CCN(Cc1sc(N3CCCC3)nc1Cl)C2. The number of thiazole rings is 1. The van der Waals surface area contributed by atoms with Crippen LogP contribution in [0, 0.1) is 0 Å². The first-order valence-corrected chi connectivity index (χ1v) is 9.21. The molecule has 0 atom stereocenters. The van der Waals surface area contributed by atoms with Gasteiger partial charge < -0.3 is 10.0 Å². The highest BCUT2D eigenvalue weighted by Gasteiger charge is 2.22. The van der Waals surface area contributed by atoms with Gasteiger partial charge in [0.05, 0.1) is 29.4 Å². The van der Waals surface area contributed by atoms with Gasteiger partial charge in [-0.1, -0.05) is 22.9 Å². The monoisotopic (exact) mass is 353 g/mol. The molecule has 0 unspecified atom stereocenters. The van der Waals surface area contributed by atoms with E-state index in [-0.39, 0.29) is 6.61 Å². The lowest BCUT2D eigenvalue weighted by molar-refractivity contribution is 0.206. The molecule has 8 heteroatoms. The predicted molar refractivity (Wildman–Crippen MR) is 90.8 cm³/mol. The summed E-state index contributed by atoms with van der Waals surface area (Å²) in [5, 5.41) is 15.3. The van der Waals surface area contributed by atoms with Crippen molar-refractivity contribution >= 4 is 28.1 Å². The number of nitrogens with zero attached hydrogens (tertiary/aromatic N) is 5. The molecule has 0 aromatic carbocycles. The summed E-state index contributed by atoms with van der Waals surface area (Å²) in [5.41, 5.74) is 1.90. The van der Waals surface area contributed by atoms with Crippen molar-refractivity contribution in [2.45, 2.75) is 39.1 Å². The topological polar surface area (TPSA) is 57.4 Å². The first-order chi connectivity index (χ1) is 11.2. The lowest BCUT2D eigenvalue weighted by Crippen LogP contribution is -2.33. The van der Waals surface area contributed by atoms with Crippen LogP contribution in [0.1, 0.15) is 29.1 Å². The molecule has 0 radical (unpaired) electrons. The molecule has 0 aliphatic carbocycles. The van der Waals surface area contributed by atoms with Crippen LogP contribution in [-0.2, 0) is 26.2 Å². The molecule has 1 saturated heterocycles. The molecule has 2 aliphatic heterocycles. The van der Waals surface area contributed by atoms with E-state index in [2.05, 4.69) is 19.9 Å². The van der Waals surface area contributed by atoms with Gasteiger partial charge in [0.1, 0.15) is 5.15 Å². The van der Waals surface area contributed by atoms with Crippen molar-refractivity contribution in [1.29, 1.82) is 0 Å². The Morgan fingerprint density at radius 2 is 2.04 bits per heavy atom. The number of fused-ring (bicyclic) bond motifs is 1. The molecule has 2 aromatic heterocycles. The van der Waals surface area contributed by atoms with Crippen molar-refractivity contribution in [3.05, 3.63) is 27.5 Å². The van der Waals surface area contributed by atoms with Gasteiger partial charge in [-0.15, -0.1) is 0 Å². The third kappa shape index (κ3) is 3.10. The zero-order valence-corrected chi connectivity index (χ0v) is 14.5. The van der Waals surface area contributed by atoms with Crippen molar-refractivity contribution in [1.82, 2.24) is 19.7 Å². The molecule has 1 N–H and O–H groups in total. The maximum absolute atomic E-state index is 9.21. The van der Waals surface area contributed by atoms with Crippen LogP contribution in [0.5, 0.6) is 0 Å². The molecule has 2 aromatic rings. The third-order valence-electron chi connectivity index (χ3n) is 4.47. The van der Waals surface area contributed by atoms with Gasteiger partial charge >= 0.3 is 0 Å². The molecule has 4 heterocycles. The normalized spacial score (nSPS) is 18.6. The van der Waals surface area contributed by atoms with Gasteiger partial charge in [0, 0.05) is 32.7 Å². The highest BCUT2D eigenvalue weighted by Crippen LogP contribution is 2.33. The summed E-state index contributed by atoms with van der Waals surface area (Å²) in [6, 6.07) is 1.98. The van der Waals surface area contributed by atoms with Crippen LogP contribution < -0.4 is 4.90 Å². The van der Waals surface area contributed by atoms with Gasteiger partial charge in [-0.05, 0) is 18.9 Å². The van der Waals surface area contributed by atoms with E-state index >= 15 is 0 Å². The van der Waals surface area contributed by atoms with Gasteiger partial charge in [-0.3, -0.25) is 9.58 Å². The van der Waals surface area contributed by atoms with E-state index in [1.54, 1.807) is 11.3 Å². The molecule has 0 amide bonds. The van der Waals surface area contributed by atoms with Crippen molar-refractivity contribution in [3.63, 3.8) is 0 Å². The van der Waals surface area contributed by atoms with Gasteiger partial charge in [0.25, 0.3) is 0 Å². The van der Waals surface area contributed by atoms with Crippen molar-refractivity contribution in [2.75, 3.05) is 24.5 Å². The van der Waals surface area contributed by atoms with Crippen molar-refractivity contribution in [2.24, 2.45) is 0 Å². The van der Waals surface area contributed by atoms with Crippen LogP contribution in [0.15, 0.2) is 6.07 Å². The van der Waals surface area contributed by atoms with Crippen molar-refractivity contribution in [3.8, 4) is 0 Å². The summed E-state index contributed by atoms with van der Waals surface area (Å²) >= 11 is 8.08. The Hall–Kier alpha value is -1.15. The highest BCUT2D eigenvalue weighted by molar-refractivity contribution is 7.16. The quantitative estimate of drug-likeness (QED) is 0.912.